The number of cyclic esters (lactones) is 1. The number of fused-ring (bicyclic) bond motifs is 4. The molecule has 0 spiro atoms. The normalized spacial score (nSPS) is 38.1. The summed E-state index contributed by atoms with van der Waals surface area (Å²) in [4.78, 5) is 32.8. The van der Waals surface area contributed by atoms with Crippen molar-refractivity contribution in [1.29, 1.82) is 0 Å². The van der Waals surface area contributed by atoms with Gasteiger partial charge in [0.15, 0.2) is 35.6 Å². The van der Waals surface area contributed by atoms with E-state index in [1.165, 1.54) is 38.5 Å². The Bertz CT molecular complexity index is 1710. The van der Waals surface area contributed by atoms with Gasteiger partial charge in [0.25, 0.3) is 0 Å². The number of aliphatic hydroxyl groups excluding tert-OH is 2. The molecule has 4 heterocycles. The van der Waals surface area contributed by atoms with Crippen molar-refractivity contribution < 1.29 is 82.0 Å². The van der Waals surface area contributed by atoms with E-state index in [2.05, 4.69) is 0 Å². The molecule has 5 aliphatic rings. The monoisotopic (exact) mass is 672 g/mol. The van der Waals surface area contributed by atoms with Crippen molar-refractivity contribution in [2.24, 2.45) is 11.8 Å². The standard InChI is InChI=1S/C29H33O16P/c1-11-38-9-20-27(42-11)23(30)24(31)29(43-20)44-25-14-7-17-16(40-10-41-17)6-13(14)21(22-15(25)8-39-28(22)32)12-4-18(36-2)26(19(5-12)37-3)45-46(33,34)35/h4-7,11,15,20-25,27,29-31H,8-10H2,1-3H3,(H2,33,34,35)/t11-,15+,20-,21-,22+,23-,24-,25-,27-,29+/m1/s1/i8D2,10D2. The summed E-state index contributed by atoms with van der Waals surface area (Å²) < 4.78 is 100. The largest absolute Gasteiger partial charge is 0.525 e. The molecule has 3 saturated heterocycles. The number of ether oxygens (including phenoxy) is 9. The zero-order valence-electron chi connectivity index (χ0n) is 28.4. The van der Waals surface area contributed by atoms with Crippen LogP contribution >= 0.6 is 7.82 Å². The highest BCUT2D eigenvalue weighted by Gasteiger charge is 2.56. The number of hydrogen-bond donors (Lipinski definition) is 4. The third-order valence-corrected chi connectivity index (χ3v) is 8.97. The molecule has 0 saturated carbocycles. The Morgan fingerprint density at radius 2 is 1.63 bits per heavy atom. The Labute approximate surface area is 267 Å². The van der Waals surface area contributed by atoms with Crippen LogP contribution in [0, 0.1) is 11.8 Å². The van der Waals surface area contributed by atoms with E-state index in [1.54, 1.807) is 6.92 Å². The fraction of sp³-hybridized carbons (Fsp3) is 0.552. The van der Waals surface area contributed by atoms with Gasteiger partial charge in [-0.25, -0.2) is 4.57 Å². The summed E-state index contributed by atoms with van der Waals surface area (Å²) in [5.41, 5.74) is 0.602. The number of carbonyl (C=O) groups is 1. The Hall–Kier alpha value is -3.18. The van der Waals surface area contributed by atoms with Gasteiger partial charge in [-0.3, -0.25) is 14.6 Å². The zero-order chi connectivity index (χ0) is 36.1. The number of benzene rings is 2. The first-order valence-corrected chi connectivity index (χ1v) is 15.7. The molecule has 0 radical (unpaired) electrons. The Morgan fingerprint density at radius 3 is 2.28 bits per heavy atom. The van der Waals surface area contributed by atoms with Gasteiger partial charge in [-0.15, -0.1) is 0 Å². The van der Waals surface area contributed by atoms with Crippen molar-refractivity contribution in [3.63, 3.8) is 0 Å². The topological polar surface area (TPSA) is 207 Å². The molecule has 4 aliphatic heterocycles. The highest BCUT2D eigenvalue weighted by Crippen LogP contribution is 2.57. The highest BCUT2D eigenvalue weighted by molar-refractivity contribution is 7.46. The summed E-state index contributed by atoms with van der Waals surface area (Å²) in [6.45, 7) is -3.69. The zero-order valence-corrected chi connectivity index (χ0v) is 25.3. The number of aliphatic hydroxyl groups is 2. The first-order chi connectivity index (χ1) is 23.4. The van der Waals surface area contributed by atoms with Gasteiger partial charge in [-0.1, -0.05) is 0 Å². The summed E-state index contributed by atoms with van der Waals surface area (Å²) in [7, 11) is -2.71. The Balaban J connectivity index is 1.39. The molecule has 2 aromatic rings. The lowest BCUT2D eigenvalue weighted by molar-refractivity contribution is -0.364. The number of phosphoric acid groups is 1. The molecule has 7 rings (SSSR count). The van der Waals surface area contributed by atoms with Gasteiger partial charge in [0.05, 0.1) is 42.1 Å². The van der Waals surface area contributed by atoms with Crippen LogP contribution in [0.3, 0.4) is 0 Å². The lowest BCUT2D eigenvalue weighted by Crippen LogP contribution is -2.63. The molecule has 250 valence electrons. The van der Waals surface area contributed by atoms with E-state index in [0.29, 0.717) is 0 Å². The van der Waals surface area contributed by atoms with E-state index in [1.807, 2.05) is 0 Å². The third-order valence-electron chi connectivity index (χ3n) is 8.55. The smallest absolute Gasteiger partial charge is 0.493 e. The minimum Gasteiger partial charge on any atom is -0.493 e. The van der Waals surface area contributed by atoms with Gasteiger partial charge in [0, 0.05) is 11.8 Å². The number of hydrogen-bond acceptors (Lipinski definition) is 14. The highest BCUT2D eigenvalue weighted by atomic mass is 31.2. The minimum absolute atomic E-state index is 0.0214. The molecule has 17 heteroatoms. The molecular weight excluding hydrogens is 635 g/mol. The van der Waals surface area contributed by atoms with Crippen LogP contribution < -0.4 is 23.5 Å². The van der Waals surface area contributed by atoms with Gasteiger partial charge in [-0.2, -0.15) is 0 Å². The number of methoxy groups -OCH3 is 2. The molecule has 0 amide bonds. The Kier molecular flexibility index (Phi) is 6.89. The lowest BCUT2D eigenvalue weighted by Gasteiger charge is -2.47. The van der Waals surface area contributed by atoms with Crippen LogP contribution in [-0.2, 0) is 33.0 Å². The lowest BCUT2D eigenvalue weighted by atomic mass is 9.66. The summed E-state index contributed by atoms with van der Waals surface area (Å²) in [6, 6.07) is 5.38. The minimum atomic E-state index is -5.11. The second-order valence-electron chi connectivity index (χ2n) is 11.2. The number of phosphoric ester groups is 1. The van der Waals surface area contributed by atoms with Crippen LogP contribution in [0.15, 0.2) is 24.3 Å². The van der Waals surface area contributed by atoms with E-state index in [9.17, 15) is 29.4 Å². The Morgan fingerprint density at radius 1 is 0.957 bits per heavy atom. The van der Waals surface area contributed by atoms with E-state index < -0.39 is 93.7 Å². The average molecular weight is 673 g/mol. The average Bonchev–Trinajstić information content (AvgIpc) is 3.46. The molecule has 16 nitrogen and oxygen atoms in total. The SMILES string of the molecule is [2H]C1([2H])Oc2cc3c(cc2O1)[C@@H](O[C@@H]1O[C@@H]2CO[C@@H](C)O[C@H]2[C@H](O)[C@H]1O)[C@@H]1[C@H](C(=O)OC1([2H])[2H])[C@@H]3c1cc(OC)c(OP(=O)(O)O)c(OC)c1. The number of esters is 1. The van der Waals surface area contributed by atoms with Gasteiger partial charge in [0.2, 0.25) is 12.5 Å². The van der Waals surface area contributed by atoms with Crippen molar-refractivity contribution in [1.82, 2.24) is 0 Å². The molecule has 4 N–H and O–H groups in total. The van der Waals surface area contributed by atoms with Gasteiger partial charge >= 0.3 is 13.8 Å². The van der Waals surface area contributed by atoms with Crippen LogP contribution in [0.1, 0.15) is 41.1 Å². The second kappa shape index (κ2) is 11.8. The summed E-state index contributed by atoms with van der Waals surface area (Å²) in [5.74, 6) is -6.00. The molecule has 0 aromatic heterocycles. The van der Waals surface area contributed by atoms with Gasteiger partial charge in [-0.05, 0) is 47.9 Å². The van der Waals surface area contributed by atoms with Crippen molar-refractivity contribution in [2.75, 3.05) is 34.1 Å². The van der Waals surface area contributed by atoms with Crippen molar-refractivity contribution in [3.05, 3.63) is 41.0 Å². The number of rotatable bonds is 7. The predicted octanol–water partition coefficient (Wildman–Crippen LogP) is 1.10. The molecule has 2 aromatic carbocycles. The van der Waals surface area contributed by atoms with Crippen LogP contribution in [0.4, 0.5) is 0 Å². The van der Waals surface area contributed by atoms with Crippen molar-refractivity contribution in [3.8, 4) is 28.7 Å². The predicted molar refractivity (Wildman–Crippen MR) is 149 cm³/mol. The summed E-state index contributed by atoms with van der Waals surface area (Å²) in [6.07, 6.45) is -8.81. The fourth-order valence-corrected chi connectivity index (χ4v) is 6.98. The number of carbonyl (C=O) groups excluding carboxylic acids is 1. The maximum Gasteiger partial charge on any atom is 0.525 e. The molecule has 3 fully saturated rings. The fourth-order valence-electron chi connectivity index (χ4n) is 6.56. The van der Waals surface area contributed by atoms with Crippen LogP contribution in [0.2, 0.25) is 0 Å². The van der Waals surface area contributed by atoms with Crippen molar-refractivity contribution >= 4 is 13.8 Å². The van der Waals surface area contributed by atoms with Crippen LogP contribution in [0.25, 0.3) is 0 Å². The quantitative estimate of drug-likeness (QED) is 0.240. The van der Waals surface area contributed by atoms with Crippen LogP contribution in [-0.4, -0.2) is 97.1 Å². The summed E-state index contributed by atoms with van der Waals surface area (Å²) in [5, 5.41) is 22.1. The summed E-state index contributed by atoms with van der Waals surface area (Å²) >= 11 is 0. The van der Waals surface area contributed by atoms with Crippen LogP contribution in [0.5, 0.6) is 28.7 Å². The van der Waals surface area contributed by atoms with Gasteiger partial charge < -0.3 is 57.4 Å². The molecule has 0 bridgehead atoms. The van der Waals surface area contributed by atoms with Crippen molar-refractivity contribution in [2.45, 2.75) is 55.9 Å². The van der Waals surface area contributed by atoms with E-state index in [0.717, 1.165) is 0 Å². The van der Waals surface area contributed by atoms with E-state index >= 15 is 0 Å². The van der Waals surface area contributed by atoms with Gasteiger partial charge in [0.1, 0.15) is 27.2 Å². The molecule has 1 aliphatic carbocycles. The third kappa shape index (κ3) is 5.37. The maximum atomic E-state index is 13.7. The first kappa shape index (κ1) is 26.8. The van der Waals surface area contributed by atoms with E-state index in [4.69, 9.17) is 52.6 Å². The molecule has 0 unspecified atom stereocenters. The molecule has 10 atom stereocenters. The maximum absolute atomic E-state index is 13.7. The van der Waals surface area contributed by atoms with E-state index in [-0.39, 0.29) is 46.3 Å². The molecule has 46 heavy (non-hydrogen) atoms. The first-order valence-electron chi connectivity index (χ1n) is 16.1. The second-order valence-corrected chi connectivity index (χ2v) is 12.4. The molecular formula is C29H33O16P.